The van der Waals surface area contributed by atoms with Crippen LogP contribution in [0.15, 0.2) is 11.6 Å². The van der Waals surface area contributed by atoms with E-state index >= 15 is 0 Å². The third-order valence-electron chi connectivity index (χ3n) is 3.71. The van der Waals surface area contributed by atoms with Crippen molar-refractivity contribution in [1.29, 1.82) is 0 Å². The van der Waals surface area contributed by atoms with Crippen LogP contribution in [-0.4, -0.2) is 33.6 Å². The summed E-state index contributed by atoms with van der Waals surface area (Å²) in [6.45, 7) is 7.05. The lowest BCUT2D eigenvalue weighted by molar-refractivity contribution is 0.0741. The molecule has 2 rings (SSSR count). The number of aromatic nitrogens is 2. The molecule has 0 fully saturated rings. The molecule has 0 aliphatic carbocycles. The maximum atomic E-state index is 12.7. The van der Waals surface area contributed by atoms with Gasteiger partial charge in [0, 0.05) is 31.2 Å². The Morgan fingerprint density at radius 1 is 1.38 bits per heavy atom. The van der Waals surface area contributed by atoms with Crippen LogP contribution in [0.2, 0.25) is 0 Å². The second-order valence-corrected chi connectivity index (χ2v) is 6.07. The van der Waals surface area contributed by atoms with E-state index in [4.69, 9.17) is 0 Å². The molecule has 1 amide bonds. The Morgan fingerprint density at radius 3 is 2.52 bits per heavy atom. The highest BCUT2D eigenvalue weighted by Crippen LogP contribution is 2.26. The van der Waals surface area contributed by atoms with Crippen LogP contribution in [0, 0.1) is 13.8 Å². The first-order valence-electron chi connectivity index (χ1n) is 6.71. The van der Waals surface area contributed by atoms with E-state index in [1.54, 1.807) is 25.1 Å². The van der Waals surface area contributed by atoms with Gasteiger partial charge in [-0.3, -0.25) is 9.59 Å². The summed E-state index contributed by atoms with van der Waals surface area (Å²) in [5, 5.41) is 2.79. The molecule has 1 unspecified atom stereocenters. The molecule has 0 aliphatic rings. The van der Waals surface area contributed by atoms with Crippen LogP contribution in [0.4, 0.5) is 0 Å². The van der Waals surface area contributed by atoms with E-state index in [0.717, 1.165) is 10.7 Å². The van der Waals surface area contributed by atoms with Gasteiger partial charge in [0.1, 0.15) is 5.01 Å². The molecule has 0 aliphatic heterocycles. The lowest BCUT2D eigenvalue weighted by atomic mass is 10.1. The van der Waals surface area contributed by atoms with Crippen LogP contribution in [0.5, 0.6) is 0 Å². The number of carbonyl (C=O) groups excluding carboxylic acids is 2. The van der Waals surface area contributed by atoms with Crippen molar-refractivity contribution in [3.05, 3.63) is 39.1 Å². The molecule has 0 saturated carbocycles. The number of nitrogens with one attached hydrogen (secondary N) is 1. The largest absolute Gasteiger partial charge is 0.355 e. The summed E-state index contributed by atoms with van der Waals surface area (Å²) in [7, 11) is 1.76. The number of rotatable bonds is 4. The van der Waals surface area contributed by atoms with Crippen molar-refractivity contribution in [3.8, 4) is 0 Å². The molecular formula is C15H19N3O2S. The molecule has 6 heteroatoms. The number of H-pyrrole nitrogens is 1. The maximum absolute atomic E-state index is 12.7. The van der Waals surface area contributed by atoms with E-state index in [1.165, 1.54) is 18.3 Å². The Kier molecular flexibility index (Phi) is 4.27. The molecule has 0 spiro atoms. The van der Waals surface area contributed by atoms with E-state index in [-0.39, 0.29) is 17.7 Å². The molecule has 0 bridgehead atoms. The van der Waals surface area contributed by atoms with Gasteiger partial charge >= 0.3 is 0 Å². The molecule has 0 saturated heterocycles. The predicted octanol–water partition coefficient (Wildman–Crippen LogP) is 3.12. The summed E-state index contributed by atoms with van der Waals surface area (Å²) in [4.78, 5) is 33.2. The first-order valence-corrected chi connectivity index (χ1v) is 7.59. The average Bonchev–Trinajstić information content (AvgIpc) is 3.05. The van der Waals surface area contributed by atoms with Gasteiger partial charge in [0.05, 0.1) is 17.3 Å². The molecule has 112 valence electrons. The molecular weight excluding hydrogens is 286 g/mol. The zero-order chi connectivity index (χ0) is 15.7. The van der Waals surface area contributed by atoms with Crippen molar-refractivity contribution in [3.63, 3.8) is 0 Å². The van der Waals surface area contributed by atoms with Crippen molar-refractivity contribution in [1.82, 2.24) is 14.9 Å². The van der Waals surface area contributed by atoms with Gasteiger partial charge in [0.15, 0.2) is 5.78 Å². The fourth-order valence-electron chi connectivity index (χ4n) is 2.38. The van der Waals surface area contributed by atoms with Crippen molar-refractivity contribution in [2.75, 3.05) is 7.05 Å². The fraction of sp³-hybridized carbons (Fsp3) is 0.400. The van der Waals surface area contributed by atoms with Crippen LogP contribution in [0.25, 0.3) is 0 Å². The van der Waals surface area contributed by atoms with Crippen molar-refractivity contribution in [2.24, 2.45) is 0 Å². The normalized spacial score (nSPS) is 12.2. The van der Waals surface area contributed by atoms with Crippen LogP contribution < -0.4 is 0 Å². The highest BCUT2D eigenvalue weighted by atomic mass is 32.1. The predicted molar refractivity (Wildman–Crippen MR) is 82.9 cm³/mol. The summed E-state index contributed by atoms with van der Waals surface area (Å²) >= 11 is 1.52. The number of Topliss-reactive ketones (excluding diaryl/α,β-unsaturated/α-hetero) is 1. The number of carbonyl (C=O) groups is 2. The molecule has 1 N–H and O–H groups in total. The van der Waals surface area contributed by atoms with Gasteiger partial charge in [0.2, 0.25) is 0 Å². The highest BCUT2D eigenvalue weighted by molar-refractivity contribution is 7.09. The summed E-state index contributed by atoms with van der Waals surface area (Å²) in [5.41, 5.74) is 2.52. The van der Waals surface area contributed by atoms with Gasteiger partial charge in [-0.25, -0.2) is 4.98 Å². The second-order valence-electron chi connectivity index (χ2n) is 5.14. The monoisotopic (exact) mass is 305 g/mol. The molecule has 1 atom stereocenters. The number of ketones is 1. The summed E-state index contributed by atoms with van der Waals surface area (Å²) in [6, 6.07) is -0.105. The molecule has 0 aromatic carbocycles. The molecule has 5 nitrogen and oxygen atoms in total. The highest BCUT2D eigenvalue weighted by Gasteiger charge is 2.26. The van der Waals surface area contributed by atoms with E-state index in [1.807, 2.05) is 19.2 Å². The minimum atomic E-state index is -0.105. The third kappa shape index (κ3) is 2.76. The molecule has 2 aromatic rings. The van der Waals surface area contributed by atoms with E-state index in [9.17, 15) is 9.59 Å². The average molecular weight is 305 g/mol. The molecule has 21 heavy (non-hydrogen) atoms. The Labute approximate surface area is 128 Å². The molecule has 2 aromatic heterocycles. The van der Waals surface area contributed by atoms with E-state index in [2.05, 4.69) is 9.97 Å². The third-order valence-corrected chi connectivity index (χ3v) is 4.66. The topological polar surface area (TPSA) is 66.1 Å². The van der Waals surface area contributed by atoms with Crippen LogP contribution >= 0.6 is 11.3 Å². The Balaban J connectivity index is 2.34. The van der Waals surface area contributed by atoms with E-state index in [0.29, 0.717) is 16.8 Å². The number of nitrogens with zero attached hydrogens (tertiary/aromatic N) is 2. The second kappa shape index (κ2) is 5.81. The Morgan fingerprint density at radius 2 is 2.05 bits per heavy atom. The van der Waals surface area contributed by atoms with Gasteiger partial charge in [-0.2, -0.15) is 0 Å². The van der Waals surface area contributed by atoms with Crippen molar-refractivity contribution in [2.45, 2.75) is 33.7 Å². The van der Waals surface area contributed by atoms with Gasteiger partial charge in [-0.05, 0) is 26.3 Å². The van der Waals surface area contributed by atoms with Gasteiger partial charge in [0.25, 0.3) is 5.91 Å². The number of hydrogen-bond donors (Lipinski definition) is 1. The minimum Gasteiger partial charge on any atom is -0.355 e. The number of aromatic amines is 1. The standard InChI is InChI=1S/C15H19N3O2S/c1-8-12(9(2)17-13(8)11(4)19)15(20)18(5)10(3)14-16-6-7-21-14/h6-7,10,17H,1-5H3. The van der Waals surface area contributed by atoms with Gasteiger partial charge < -0.3 is 9.88 Å². The van der Waals surface area contributed by atoms with Gasteiger partial charge in [-0.1, -0.05) is 0 Å². The summed E-state index contributed by atoms with van der Waals surface area (Å²) < 4.78 is 0. The first-order chi connectivity index (χ1) is 9.84. The number of thiazole rings is 1. The van der Waals surface area contributed by atoms with Crippen LogP contribution in [0.3, 0.4) is 0 Å². The van der Waals surface area contributed by atoms with Crippen LogP contribution in [0.1, 0.15) is 57.0 Å². The smallest absolute Gasteiger partial charge is 0.256 e. The SMILES string of the molecule is CC(=O)c1[nH]c(C)c(C(=O)N(C)C(C)c2nccs2)c1C. The van der Waals surface area contributed by atoms with Crippen LogP contribution in [-0.2, 0) is 0 Å². The Hall–Kier alpha value is -1.95. The van der Waals surface area contributed by atoms with E-state index < -0.39 is 0 Å². The number of amides is 1. The lowest BCUT2D eigenvalue weighted by Crippen LogP contribution is -2.30. The van der Waals surface area contributed by atoms with Crippen molar-refractivity contribution >= 4 is 23.0 Å². The number of aryl methyl sites for hydroxylation is 1. The lowest BCUT2D eigenvalue weighted by Gasteiger charge is -2.23. The summed E-state index contributed by atoms with van der Waals surface area (Å²) in [6.07, 6.45) is 1.73. The minimum absolute atomic E-state index is 0.0646. The maximum Gasteiger partial charge on any atom is 0.256 e. The molecule has 0 radical (unpaired) electrons. The zero-order valence-electron chi connectivity index (χ0n) is 12.9. The van der Waals surface area contributed by atoms with Crippen molar-refractivity contribution < 1.29 is 9.59 Å². The number of hydrogen-bond acceptors (Lipinski definition) is 4. The fourth-order valence-corrected chi connectivity index (χ4v) is 3.12. The zero-order valence-corrected chi connectivity index (χ0v) is 13.7. The van der Waals surface area contributed by atoms with Gasteiger partial charge in [-0.15, -0.1) is 11.3 Å². The molecule has 2 heterocycles. The Bertz CT molecular complexity index is 673. The summed E-state index contributed by atoms with van der Waals surface area (Å²) in [5.74, 6) is -0.165. The first kappa shape index (κ1) is 15.4. The quantitative estimate of drug-likeness (QED) is 0.883.